The Kier molecular flexibility index (Phi) is 34.1. The first kappa shape index (κ1) is 56.0. The second-order valence-electron chi connectivity index (χ2n) is 16.1. The van der Waals surface area contributed by atoms with Gasteiger partial charge in [0.1, 0.15) is 30.5 Å². The molecule has 60 heavy (non-hydrogen) atoms. The van der Waals surface area contributed by atoms with Crippen LogP contribution in [0.3, 0.4) is 0 Å². The molecule has 8 unspecified atom stereocenters. The fourth-order valence-electron chi connectivity index (χ4n) is 6.96. The zero-order chi connectivity index (χ0) is 44.3. The van der Waals surface area contributed by atoms with E-state index in [0.29, 0.717) is 12.8 Å². The van der Waals surface area contributed by atoms with E-state index in [0.717, 1.165) is 70.6 Å². The van der Waals surface area contributed by atoms with E-state index in [-0.39, 0.29) is 6.42 Å². The van der Waals surface area contributed by atoms with Crippen molar-refractivity contribution in [2.24, 2.45) is 0 Å². The Bertz CT molecular complexity index is 1280. The van der Waals surface area contributed by atoms with Crippen LogP contribution in [0.2, 0.25) is 0 Å². The van der Waals surface area contributed by atoms with Crippen LogP contribution in [0.15, 0.2) is 48.6 Å². The maximum atomic E-state index is 13.1. The highest BCUT2D eigenvalue weighted by molar-refractivity contribution is 7.80. The minimum absolute atomic E-state index is 0.225. The Labute approximate surface area is 362 Å². The summed E-state index contributed by atoms with van der Waals surface area (Å²) in [7, 11) is -5.12. The summed E-state index contributed by atoms with van der Waals surface area (Å²) in [5, 5.41) is 55.1. The monoisotopic (exact) mass is 874 g/mol. The zero-order valence-electron chi connectivity index (χ0n) is 36.9. The van der Waals surface area contributed by atoms with Crippen molar-refractivity contribution in [3.05, 3.63) is 48.6 Å². The van der Waals surface area contributed by atoms with Gasteiger partial charge < -0.3 is 40.3 Å². The third kappa shape index (κ3) is 28.6. The summed E-state index contributed by atoms with van der Waals surface area (Å²) in [6, 6.07) is -1.14. The summed E-state index contributed by atoms with van der Waals surface area (Å²) >= 11 is 0. The molecule has 8 atom stereocenters. The van der Waals surface area contributed by atoms with Crippen molar-refractivity contribution >= 4 is 16.3 Å². The SMILES string of the molecule is CCCCC/C=C/CC/C=C/CC/C=C/C(O)C(COC1OC(CO)C(O)C(OS(=O)(=O)O)C1O)NC(=O)C(O)CCCCCCCC/C=C\CCCCCCCCCC. The van der Waals surface area contributed by atoms with E-state index in [1.807, 2.05) is 0 Å². The summed E-state index contributed by atoms with van der Waals surface area (Å²) in [6.45, 7) is 3.14. The lowest BCUT2D eigenvalue weighted by Crippen LogP contribution is -2.61. The van der Waals surface area contributed by atoms with Crippen LogP contribution in [0.5, 0.6) is 0 Å². The van der Waals surface area contributed by atoms with E-state index in [1.165, 1.54) is 76.7 Å². The van der Waals surface area contributed by atoms with Gasteiger partial charge in [-0.2, -0.15) is 8.42 Å². The second kappa shape index (κ2) is 36.5. The van der Waals surface area contributed by atoms with E-state index < -0.39 is 78.5 Å². The quantitative estimate of drug-likeness (QED) is 0.0180. The number of nitrogens with one attached hydrogen (secondary N) is 1. The van der Waals surface area contributed by atoms with Crippen LogP contribution >= 0.6 is 0 Å². The highest BCUT2D eigenvalue weighted by Crippen LogP contribution is 2.26. The van der Waals surface area contributed by atoms with Crippen molar-refractivity contribution in [2.45, 2.75) is 223 Å². The van der Waals surface area contributed by atoms with Gasteiger partial charge in [-0.25, -0.2) is 4.18 Å². The number of carbonyl (C=O) groups is 1. The van der Waals surface area contributed by atoms with Crippen LogP contribution in [0, 0.1) is 0 Å². The molecule has 0 aromatic carbocycles. The zero-order valence-corrected chi connectivity index (χ0v) is 37.7. The van der Waals surface area contributed by atoms with Crippen LogP contribution in [-0.4, -0.2) is 107 Å². The van der Waals surface area contributed by atoms with Gasteiger partial charge >= 0.3 is 10.4 Å². The number of carbonyl (C=O) groups excluding carboxylic acids is 1. The van der Waals surface area contributed by atoms with Crippen molar-refractivity contribution in [3.63, 3.8) is 0 Å². The van der Waals surface area contributed by atoms with Gasteiger partial charge in [0.05, 0.1) is 25.4 Å². The number of unbranched alkanes of at least 4 members (excludes halogenated alkanes) is 19. The molecule has 14 heteroatoms. The predicted molar refractivity (Wildman–Crippen MR) is 237 cm³/mol. The number of rotatable bonds is 38. The molecule has 0 radical (unpaired) electrons. The number of aliphatic hydroxyl groups excluding tert-OH is 5. The molecular formula is C46H83NO12S. The van der Waals surface area contributed by atoms with Crippen molar-refractivity contribution < 1.29 is 57.0 Å². The summed E-state index contributed by atoms with van der Waals surface area (Å²) in [5.74, 6) is -0.724. The van der Waals surface area contributed by atoms with E-state index in [9.17, 15) is 43.3 Å². The third-order valence-corrected chi connectivity index (χ3v) is 11.1. The first-order chi connectivity index (χ1) is 28.9. The van der Waals surface area contributed by atoms with E-state index in [4.69, 9.17) is 9.47 Å². The third-order valence-electron chi connectivity index (χ3n) is 10.7. The second-order valence-corrected chi connectivity index (χ2v) is 17.2. The highest BCUT2D eigenvalue weighted by atomic mass is 32.3. The summed E-state index contributed by atoms with van der Waals surface area (Å²) in [4.78, 5) is 13.1. The van der Waals surface area contributed by atoms with E-state index in [2.05, 4.69) is 59.8 Å². The topological polar surface area (TPSA) is 212 Å². The van der Waals surface area contributed by atoms with Gasteiger partial charge in [0.25, 0.3) is 0 Å². The van der Waals surface area contributed by atoms with E-state index >= 15 is 0 Å². The van der Waals surface area contributed by atoms with Gasteiger partial charge in [-0.15, -0.1) is 0 Å². The average Bonchev–Trinajstić information content (AvgIpc) is 3.22. The highest BCUT2D eigenvalue weighted by Gasteiger charge is 2.48. The summed E-state index contributed by atoms with van der Waals surface area (Å²) in [5.41, 5.74) is 0. The predicted octanol–water partition coefficient (Wildman–Crippen LogP) is 7.85. The number of amides is 1. The lowest BCUT2D eigenvalue weighted by Gasteiger charge is -2.41. The molecular weight excluding hydrogens is 791 g/mol. The first-order valence-corrected chi connectivity index (χ1v) is 24.5. The molecule has 1 rings (SSSR count). The Hall–Kier alpha value is -1.98. The largest absolute Gasteiger partial charge is 0.397 e. The molecule has 13 nitrogen and oxygen atoms in total. The van der Waals surface area contributed by atoms with E-state index in [1.54, 1.807) is 6.08 Å². The summed E-state index contributed by atoms with van der Waals surface area (Å²) in [6.07, 6.45) is 32.0. The fraction of sp³-hybridized carbons (Fsp3) is 0.804. The van der Waals surface area contributed by atoms with Crippen molar-refractivity contribution in [1.29, 1.82) is 0 Å². The number of ether oxygens (including phenoxy) is 2. The van der Waals surface area contributed by atoms with Crippen LogP contribution in [0.1, 0.15) is 174 Å². The minimum Gasteiger partial charge on any atom is -0.394 e. The van der Waals surface area contributed by atoms with Crippen LogP contribution < -0.4 is 5.32 Å². The van der Waals surface area contributed by atoms with Gasteiger partial charge in [0.2, 0.25) is 5.91 Å². The molecule has 1 amide bonds. The number of allylic oxidation sites excluding steroid dienone is 7. The normalized spacial score (nSPS) is 21.8. The van der Waals surface area contributed by atoms with Crippen molar-refractivity contribution in [1.82, 2.24) is 5.32 Å². The van der Waals surface area contributed by atoms with Crippen LogP contribution in [0.25, 0.3) is 0 Å². The Morgan fingerprint density at radius 3 is 1.63 bits per heavy atom. The molecule has 0 saturated carbocycles. The average molecular weight is 874 g/mol. The Morgan fingerprint density at radius 1 is 0.667 bits per heavy atom. The smallest absolute Gasteiger partial charge is 0.394 e. The molecule has 7 N–H and O–H groups in total. The first-order valence-electron chi connectivity index (χ1n) is 23.1. The maximum Gasteiger partial charge on any atom is 0.397 e. The molecule has 350 valence electrons. The van der Waals surface area contributed by atoms with Gasteiger partial charge in [0.15, 0.2) is 6.29 Å². The van der Waals surface area contributed by atoms with Crippen LogP contribution in [-0.2, 0) is 28.9 Å². The molecule has 0 bridgehead atoms. The number of aliphatic hydroxyl groups is 5. The lowest BCUT2D eigenvalue weighted by molar-refractivity contribution is -0.298. The molecule has 1 aliphatic heterocycles. The van der Waals surface area contributed by atoms with Crippen molar-refractivity contribution in [3.8, 4) is 0 Å². The van der Waals surface area contributed by atoms with Gasteiger partial charge in [-0.3, -0.25) is 9.35 Å². The standard InChI is InChI=1S/C46H83NO12S/c1-3-5-7-9-11-13-15-17-18-19-20-21-23-25-27-29-31-33-35-40(50)45(53)47-38(39(49)34-32-30-28-26-24-22-16-14-12-10-8-6-4-2)37-57-46-43(52)44(59-60(54,55)56)42(51)41(36-48)58-46/h12,14,19-20,24,26,32,34,38-44,46,48-52H,3-11,13,15-18,21-23,25,27-31,33,35-37H2,1-2H3,(H,47,53)(H,54,55,56)/b14-12+,20-19-,26-24+,34-32+. The number of hydrogen-bond donors (Lipinski definition) is 7. The Balaban J connectivity index is 2.60. The molecule has 1 heterocycles. The molecule has 1 aliphatic rings. The molecule has 1 saturated heterocycles. The molecule has 0 spiro atoms. The van der Waals surface area contributed by atoms with Gasteiger partial charge in [-0.1, -0.05) is 152 Å². The summed E-state index contributed by atoms with van der Waals surface area (Å²) < 4.78 is 47.4. The molecule has 0 aliphatic carbocycles. The van der Waals surface area contributed by atoms with Crippen molar-refractivity contribution in [2.75, 3.05) is 13.2 Å². The van der Waals surface area contributed by atoms with Gasteiger partial charge in [0, 0.05) is 0 Å². The van der Waals surface area contributed by atoms with Gasteiger partial charge in [-0.05, 0) is 70.6 Å². The molecule has 1 fully saturated rings. The molecule has 0 aromatic rings. The van der Waals surface area contributed by atoms with Crippen LogP contribution in [0.4, 0.5) is 0 Å². The Morgan fingerprint density at radius 2 is 1.12 bits per heavy atom. The molecule has 0 aromatic heterocycles. The minimum atomic E-state index is -5.12. The fourth-order valence-corrected chi connectivity index (χ4v) is 7.46. The lowest BCUT2D eigenvalue weighted by atomic mass is 9.99. The number of hydrogen-bond acceptors (Lipinski definition) is 11. The maximum absolute atomic E-state index is 13.1.